The zero-order valence-electron chi connectivity index (χ0n) is 7.44. The molecule has 1 saturated heterocycles. The van der Waals surface area contributed by atoms with Gasteiger partial charge in [0.2, 0.25) is 0 Å². The molecule has 0 amide bonds. The van der Waals surface area contributed by atoms with Gasteiger partial charge in [0.05, 0.1) is 0 Å². The largest absolute Gasteiger partial charge is 0.487 e. The van der Waals surface area contributed by atoms with Gasteiger partial charge in [0.1, 0.15) is 12.8 Å². The van der Waals surface area contributed by atoms with Crippen LogP contribution in [0.15, 0.2) is 17.0 Å². The maximum absolute atomic E-state index is 5.51. The topological polar surface area (TPSA) is 35.3 Å². The van der Waals surface area contributed by atoms with E-state index in [-0.39, 0.29) is 0 Å². The molecule has 0 radical (unpaired) electrons. The Bertz CT molecular complexity index is 232. The van der Waals surface area contributed by atoms with Crippen molar-refractivity contribution in [2.45, 2.75) is 24.5 Å². The molecule has 4 heteroatoms. The number of ether oxygens (including phenoxy) is 1. The Morgan fingerprint density at radius 2 is 2.62 bits per heavy atom. The Morgan fingerprint density at radius 3 is 3.31 bits per heavy atom. The van der Waals surface area contributed by atoms with Crippen LogP contribution >= 0.6 is 11.8 Å². The van der Waals surface area contributed by atoms with E-state index in [4.69, 9.17) is 4.74 Å². The summed E-state index contributed by atoms with van der Waals surface area (Å²) in [5, 5.41) is 4.24. The van der Waals surface area contributed by atoms with Gasteiger partial charge in [0.25, 0.3) is 0 Å². The molecule has 2 rings (SSSR count). The van der Waals surface area contributed by atoms with E-state index in [0.29, 0.717) is 5.25 Å². The second kappa shape index (κ2) is 4.56. The van der Waals surface area contributed by atoms with Gasteiger partial charge in [-0.3, -0.25) is 0 Å². The molecule has 13 heavy (non-hydrogen) atoms. The zero-order chi connectivity index (χ0) is 8.93. The summed E-state index contributed by atoms with van der Waals surface area (Å²) < 4.78 is 10.2. The van der Waals surface area contributed by atoms with Crippen LogP contribution in [0.5, 0.6) is 5.75 Å². The van der Waals surface area contributed by atoms with Gasteiger partial charge >= 0.3 is 0 Å². The summed E-state index contributed by atoms with van der Waals surface area (Å²) in [4.78, 5) is 0. The van der Waals surface area contributed by atoms with Crippen LogP contribution in [0.1, 0.15) is 19.3 Å². The predicted molar refractivity (Wildman–Crippen MR) is 52.1 cm³/mol. The number of aromatic nitrogens is 1. The molecule has 0 N–H and O–H groups in total. The maximum atomic E-state index is 5.51. The molecule has 1 aliphatic heterocycles. The minimum Gasteiger partial charge on any atom is -0.487 e. The van der Waals surface area contributed by atoms with E-state index in [9.17, 15) is 0 Å². The lowest BCUT2D eigenvalue weighted by Gasteiger charge is -2.20. The fourth-order valence-corrected chi connectivity index (χ4v) is 2.60. The lowest BCUT2D eigenvalue weighted by atomic mass is 10.2. The first-order chi connectivity index (χ1) is 6.45. The number of hydrogen-bond acceptors (Lipinski definition) is 4. The van der Waals surface area contributed by atoms with E-state index in [1.54, 1.807) is 6.20 Å². The molecule has 72 valence electrons. The third-order valence-electron chi connectivity index (χ3n) is 2.12. The van der Waals surface area contributed by atoms with Crippen molar-refractivity contribution in [2.24, 2.45) is 0 Å². The van der Waals surface area contributed by atoms with E-state index in [2.05, 4.69) is 9.68 Å². The van der Waals surface area contributed by atoms with E-state index in [1.807, 2.05) is 11.8 Å². The molecule has 1 atom stereocenters. The summed E-state index contributed by atoms with van der Waals surface area (Å²) >= 11 is 2.01. The molecule has 0 saturated carbocycles. The second-order valence-corrected chi connectivity index (χ2v) is 4.57. The summed E-state index contributed by atoms with van der Waals surface area (Å²) in [6, 6.07) is 0. The monoisotopic (exact) mass is 199 g/mol. The first kappa shape index (κ1) is 8.94. The van der Waals surface area contributed by atoms with Gasteiger partial charge in [-0.2, -0.15) is 11.8 Å². The zero-order valence-corrected chi connectivity index (χ0v) is 8.26. The SMILES string of the molecule is c1nocc1OCC1CCCCS1. The van der Waals surface area contributed by atoms with E-state index in [1.165, 1.54) is 31.3 Å². The fourth-order valence-electron chi connectivity index (χ4n) is 1.39. The van der Waals surface area contributed by atoms with Crippen LogP contribution in [0.25, 0.3) is 0 Å². The van der Waals surface area contributed by atoms with Gasteiger partial charge in [-0.05, 0) is 18.6 Å². The Balaban J connectivity index is 1.72. The van der Waals surface area contributed by atoms with Crippen LogP contribution in [0.2, 0.25) is 0 Å². The van der Waals surface area contributed by atoms with Crippen LogP contribution in [0.4, 0.5) is 0 Å². The maximum Gasteiger partial charge on any atom is 0.178 e. The molecule has 2 heterocycles. The van der Waals surface area contributed by atoms with Crippen LogP contribution in [0.3, 0.4) is 0 Å². The van der Waals surface area contributed by atoms with Gasteiger partial charge in [-0.25, -0.2) is 0 Å². The minimum atomic E-state index is 0.656. The average molecular weight is 199 g/mol. The van der Waals surface area contributed by atoms with Crippen molar-refractivity contribution in [1.29, 1.82) is 0 Å². The van der Waals surface area contributed by atoms with Crippen molar-refractivity contribution < 1.29 is 9.26 Å². The van der Waals surface area contributed by atoms with Crippen molar-refractivity contribution in [2.75, 3.05) is 12.4 Å². The quantitative estimate of drug-likeness (QED) is 0.748. The fraction of sp³-hybridized carbons (Fsp3) is 0.667. The first-order valence-corrected chi connectivity index (χ1v) is 5.64. The third kappa shape index (κ3) is 2.66. The van der Waals surface area contributed by atoms with E-state index < -0.39 is 0 Å². The molecule has 0 bridgehead atoms. The van der Waals surface area contributed by atoms with Crippen LogP contribution in [0, 0.1) is 0 Å². The van der Waals surface area contributed by atoms with Crippen LogP contribution < -0.4 is 4.74 Å². The van der Waals surface area contributed by atoms with Gasteiger partial charge < -0.3 is 9.26 Å². The van der Waals surface area contributed by atoms with Crippen molar-refractivity contribution in [3.8, 4) is 5.75 Å². The highest BCUT2D eigenvalue weighted by atomic mass is 32.2. The minimum absolute atomic E-state index is 0.656. The Morgan fingerprint density at radius 1 is 1.62 bits per heavy atom. The highest BCUT2D eigenvalue weighted by Gasteiger charge is 2.14. The summed E-state index contributed by atoms with van der Waals surface area (Å²) in [5.41, 5.74) is 0. The van der Waals surface area contributed by atoms with Gasteiger partial charge in [0, 0.05) is 5.25 Å². The summed E-state index contributed by atoms with van der Waals surface area (Å²) in [7, 11) is 0. The number of thioether (sulfide) groups is 1. The Kier molecular flexibility index (Phi) is 3.13. The summed E-state index contributed by atoms with van der Waals surface area (Å²) in [5.74, 6) is 2.02. The average Bonchev–Trinajstić information content (AvgIpc) is 2.69. The third-order valence-corrected chi connectivity index (χ3v) is 3.49. The van der Waals surface area contributed by atoms with Crippen molar-refractivity contribution in [3.63, 3.8) is 0 Å². The number of rotatable bonds is 3. The standard InChI is InChI=1S/C9H13NO2S/c1-2-4-13-9(3-1)7-11-8-5-10-12-6-8/h5-6,9H,1-4,7H2. The molecule has 0 spiro atoms. The molecular weight excluding hydrogens is 186 g/mol. The van der Waals surface area contributed by atoms with Crippen molar-refractivity contribution >= 4 is 11.8 Å². The summed E-state index contributed by atoms with van der Waals surface area (Å²) in [6.07, 6.45) is 7.11. The van der Waals surface area contributed by atoms with E-state index >= 15 is 0 Å². The molecule has 1 fully saturated rings. The number of hydrogen-bond donors (Lipinski definition) is 0. The molecule has 0 aromatic carbocycles. The van der Waals surface area contributed by atoms with Crippen LogP contribution in [-0.4, -0.2) is 22.8 Å². The second-order valence-electron chi connectivity index (χ2n) is 3.16. The van der Waals surface area contributed by atoms with Gasteiger partial charge in [-0.15, -0.1) is 0 Å². The highest BCUT2D eigenvalue weighted by molar-refractivity contribution is 7.99. The molecule has 1 aromatic rings. The molecule has 1 aliphatic rings. The van der Waals surface area contributed by atoms with E-state index in [0.717, 1.165) is 12.4 Å². The van der Waals surface area contributed by atoms with Crippen molar-refractivity contribution in [3.05, 3.63) is 12.5 Å². The molecule has 3 nitrogen and oxygen atoms in total. The Labute approximate surface area is 81.8 Å². The summed E-state index contributed by atoms with van der Waals surface area (Å²) in [6.45, 7) is 0.784. The highest BCUT2D eigenvalue weighted by Crippen LogP contribution is 2.25. The molecule has 1 unspecified atom stereocenters. The molecule has 1 aromatic heterocycles. The lowest BCUT2D eigenvalue weighted by Crippen LogP contribution is -2.18. The molecular formula is C9H13NO2S. The molecule has 0 aliphatic carbocycles. The first-order valence-electron chi connectivity index (χ1n) is 4.59. The Hall–Kier alpha value is -0.640. The van der Waals surface area contributed by atoms with Gasteiger partial charge in [-0.1, -0.05) is 11.6 Å². The predicted octanol–water partition coefficient (Wildman–Crippen LogP) is 2.34. The smallest absolute Gasteiger partial charge is 0.178 e. The van der Waals surface area contributed by atoms with Crippen molar-refractivity contribution in [1.82, 2.24) is 5.16 Å². The van der Waals surface area contributed by atoms with Gasteiger partial charge in [0.15, 0.2) is 12.0 Å². The normalized spacial score (nSPS) is 22.9. The number of nitrogens with zero attached hydrogens (tertiary/aromatic N) is 1. The van der Waals surface area contributed by atoms with Crippen LogP contribution in [-0.2, 0) is 0 Å². The lowest BCUT2D eigenvalue weighted by molar-refractivity contribution is 0.304.